The highest BCUT2D eigenvalue weighted by Crippen LogP contribution is 2.28. The quantitative estimate of drug-likeness (QED) is 0.604. The Morgan fingerprint density at radius 2 is 2.00 bits per heavy atom. The molecule has 1 unspecified atom stereocenters. The molecule has 2 rings (SSSR count). The van der Waals surface area contributed by atoms with Crippen LogP contribution in [0.25, 0.3) is 0 Å². The molecule has 0 aliphatic rings. The van der Waals surface area contributed by atoms with Crippen molar-refractivity contribution in [3.05, 3.63) is 64.3 Å². The van der Waals surface area contributed by atoms with E-state index in [9.17, 15) is 10.1 Å². The average molecular weight is 287 g/mol. The third kappa shape index (κ3) is 4.00. The number of nitrogens with zero attached hydrogens (tertiary/aromatic N) is 2. The summed E-state index contributed by atoms with van der Waals surface area (Å²) in [7, 11) is 0. The zero-order valence-corrected chi connectivity index (χ0v) is 11.5. The average Bonchev–Trinajstić information content (AvgIpc) is 2.52. The van der Waals surface area contributed by atoms with Crippen LogP contribution < -0.4 is 5.32 Å². The van der Waals surface area contributed by atoms with Crippen molar-refractivity contribution in [2.24, 2.45) is 0 Å². The number of anilines is 1. The minimum atomic E-state index is -0.455. The van der Waals surface area contributed by atoms with E-state index in [2.05, 4.69) is 10.3 Å². The van der Waals surface area contributed by atoms with Gasteiger partial charge in [0, 0.05) is 18.9 Å². The van der Waals surface area contributed by atoms with Gasteiger partial charge >= 0.3 is 5.69 Å². The van der Waals surface area contributed by atoms with Crippen LogP contribution in [-0.4, -0.2) is 21.6 Å². The summed E-state index contributed by atoms with van der Waals surface area (Å²) in [6.07, 6.45) is 2.78. The van der Waals surface area contributed by atoms with Crippen molar-refractivity contribution >= 4 is 11.5 Å². The molecule has 1 heterocycles. The number of hydrogen-bond acceptors (Lipinski definition) is 5. The van der Waals surface area contributed by atoms with Gasteiger partial charge in [0.15, 0.2) is 0 Å². The van der Waals surface area contributed by atoms with E-state index in [1.807, 2.05) is 30.3 Å². The summed E-state index contributed by atoms with van der Waals surface area (Å²) in [6, 6.07) is 12.5. The van der Waals surface area contributed by atoms with Crippen LogP contribution in [0, 0.1) is 10.1 Å². The molecule has 110 valence electrons. The van der Waals surface area contributed by atoms with Gasteiger partial charge in [-0.2, -0.15) is 0 Å². The third-order valence-electron chi connectivity index (χ3n) is 3.15. The topological polar surface area (TPSA) is 88.3 Å². The first kappa shape index (κ1) is 14.9. The fourth-order valence-electron chi connectivity index (χ4n) is 2.12. The Morgan fingerprint density at radius 3 is 2.67 bits per heavy atom. The molecule has 1 atom stereocenters. The second-order valence-electron chi connectivity index (χ2n) is 4.60. The zero-order valence-electron chi connectivity index (χ0n) is 11.5. The molecule has 0 amide bonds. The van der Waals surface area contributed by atoms with Crippen LogP contribution in [0.5, 0.6) is 0 Å². The number of pyridine rings is 1. The Bertz CT molecular complexity index is 590. The van der Waals surface area contributed by atoms with Gasteiger partial charge in [-0.1, -0.05) is 30.3 Å². The molecule has 2 N–H and O–H groups in total. The van der Waals surface area contributed by atoms with E-state index in [1.165, 1.54) is 18.3 Å². The summed E-state index contributed by atoms with van der Waals surface area (Å²) in [4.78, 5) is 14.6. The van der Waals surface area contributed by atoms with Crippen LogP contribution in [0.2, 0.25) is 0 Å². The maximum Gasteiger partial charge on any atom is 0.311 e. The van der Waals surface area contributed by atoms with Crippen molar-refractivity contribution in [3.8, 4) is 0 Å². The number of hydrogen-bond donors (Lipinski definition) is 2. The number of nitrogens with one attached hydrogen (secondary N) is 1. The molecule has 0 aliphatic carbocycles. The lowest BCUT2D eigenvalue weighted by Crippen LogP contribution is -2.13. The van der Waals surface area contributed by atoms with E-state index in [-0.39, 0.29) is 24.2 Å². The van der Waals surface area contributed by atoms with Gasteiger partial charge in [0.1, 0.15) is 0 Å². The second kappa shape index (κ2) is 7.35. The Hall–Kier alpha value is -2.47. The highest BCUT2D eigenvalue weighted by molar-refractivity contribution is 5.56. The molecule has 1 aromatic carbocycles. The number of rotatable bonds is 7. The van der Waals surface area contributed by atoms with Crippen LogP contribution in [0.15, 0.2) is 48.7 Å². The number of aliphatic hydroxyl groups excluding tert-OH is 1. The third-order valence-corrected chi connectivity index (χ3v) is 3.15. The first-order chi connectivity index (χ1) is 10.2. The molecule has 0 saturated carbocycles. The molecule has 0 radical (unpaired) electrons. The van der Waals surface area contributed by atoms with Gasteiger partial charge in [-0.05, 0) is 24.5 Å². The molecular formula is C15H17N3O3. The molecule has 0 saturated heterocycles. The fraction of sp³-hybridized carbons (Fsp3) is 0.267. The van der Waals surface area contributed by atoms with Gasteiger partial charge in [-0.3, -0.25) is 10.1 Å². The van der Waals surface area contributed by atoms with Gasteiger partial charge in [-0.15, -0.1) is 0 Å². The monoisotopic (exact) mass is 287 g/mol. The van der Waals surface area contributed by atoms with Crippen molar-refractivity contribution in [3.63, 3.8) is 0 Å². The van der Waals surface area contributed by atoms with Crippen LogP contribution in [-0.2, 0) is 0 Å². The number of aliphatic hydroxyl groups is 1. The standard InChI is InChI=1S/C15H17N3O3/c19-11-5-8-13(12-6-2-1-3-7-12)17-15-14(18(20)21)9-4-10-16-15/h1-4,6-7,9-10,13,19H,5,8,11H2,(H,16,17). The van der Waals surface area contributed by atoms with E-state index >= 15 is 0 Å². The van der Waals surface area contributed by atoms with Gasteiger partial charge < -0.3 is 10.4 Å². The second-order valence-corrected chi connectivity index (χ2v) is 4.60. The summed E-state index contributed by atoms with van der Waals surface area (Å²) >= 11 is 0. The molecule has 2 aromatic rings. The van der Waals surface area contributed by atoms with Gasteiger partial charge in [0.2, 0.25) is 5.82 Å². The lowest BCUT2D eigenvalue weighted by Gasteiger charge is -2.19. The number of benzene rings is 1. The molecule has 0 bridgehead atoms. The Kier molecular flexibility index (Phi) is 5.22. The predicted molar refractivity (Wildman–Crippen MR) is 80.0 cm³/mol. The largest absolute Gasteiger partial charge is 0.396 e. The molecule has 1 aromatic heterocycles. The minimum absolute atomic E-state index is 0.0533. The number of nitro groups is 1. The van der Waals surface area contributed by atoms with Gasteiger partial charge in [0.05, 0.1) is 11.0 Å². The summed E-state index contributed by atoms with van der Waals surface area (Å²) in [5.41, 5.74) is 0.952. The molecule has 0 spiro atoms. The molecule has 6 nitrogen and oxygen atoms in total. The number of aromatic nitrogens is 1. The zero-order chi connectivity index (χ0) is 15.1. The van der Waals surface area contributed by atoms with Crippen LogP contribution in [0.4, 0.5) is 11.5 Å². The fourth-order valence-corrected chi connectivity index (χ4v) is 2.12. The summed E-state index contributed by atoms with van der Waals surface area (Å²) < 4.78 is 0. The van der Waals surface area contributed by atoms with E-state index in [0.29, 0.717) is 12.8 Å². The van der Waals surface area contributed by atoms with Crippen LogP contribution in [0.1, 0.15) is 24.4 Å². The summed E-state index contributed by atoms with van der Waals surface area (Å²) in [5, 5.41) is 23.2. The minimum Gasteiger partial charge on any atom is -0.396 e. The van der Waals surface area contributed by atoms with Crippen molar-refractivity contribution in [2.45, 2.75) is 18.9 Å². The molecular weight excluding hydrogens is 270 g/mol. The Labute approximate surface area is 122 Å². The highest BCUT2D eigenvalue weighted by atomic mass is 16.6. The lowest BCUT2D eigenvalue weighted by molar-refractivity contribution is -0.384. The van der Waals surface area contributed by atoms with E-state index < -0.39 is 4.92 Å². The van der Waals surface area contributed by atoms with Crippen LogP contribution in [0.3, 0.4) is 0 Å². The molecule has 0 fully saturated rings. The van der Waals surface area contributed by atoms with E-state index in [0.717, 1.165) is 5.56 Å². The maximum absolute atomic E-state index is 11.0. The Balaban J connectivity index is 2.25. The van der Waals surface area contributed by atoms with Gasteiger partial charge in [-0.25, -0.2) is 4.98 Å². The normalized spacial score (nSPS) is 11.9. The van der Waals surface area contributed by atoms with E-state index in [1.54, 1.807) is 0 Å². The first-order valence-electron chi connectivity index (χ1n) is 6.74. The van der Waals surface area contributed by atoms with Crippen molar-refractivity contribution in [1.82, 2.24) is 4.98 Å². The van der Waals surface area contributed by atoms with Crippen molar-refractivity contribution < 1.29 is 10.0 Å². The predicted octanol–water partition coefficient (Wildman–Crippen LogP) is 2.92. The maximum atomic E-state index is 11.0. The van der Waals surface area contributed by atoms with Crippen LogP contribution >= 0.6 is 0 Å². The molecule has 21 heavy (non-hydrogen) atoms. The molecule has 0 aliphatic heterocycles. The van der Waals surface area contributed by atoms with Gasteiger partial charge in [0.25, 0.3) is 0 Å². The smallest absolute Gasteiger partial charge is 0.311 e. The van der Waals surface area contributed by atoms with Crippen molar-refractivity contribution in [1.29, 1.82) is 0 Å². The Morgan fingerprint density at radius 1 is 1.24 bits per heavy atom. The molecule has 6 heteroatoms. The lowest BCUT2D eigenvalue weighted by atomic mass is 10.0. The highest BCUT2D eigenvalue weighted by Gasteiger charge is 2.18. The first-order valence-corrected chi connectivity index (χ1v) is 6.74. The SMILES string of the molecule is O=[N+]([O-])c1cccnc1NC(CCCO)c1ccccc1. The summed E-state index contributed by atoms with van der Waals surface area (Å²) in [6.45, 7) is 0.0787. The van der Waals surface area contributed by atoms with E-state index in [4.69, 9.17) is 5.11 Å². The van der Waals surface area contributed by atoms with Crippen molar-refractivity contribution in [2.75, 3.05) is 11.9 Å². The summed E-state index contributed by atoms with van der Waals surface area (Å²) in [5.74, 6) is 0.245.